The molecule has 0 aromatic heterocycles. The minimum absolute atomic E-state index is 0.586. The van der Waals surface area contributed by atoms with E-state index in [0.717, 1.165) is 0 Å². The molecule has 0 aromatic carbocycles. The lowest BCUT2D eigenvalue weighted by molar-refractivity contribution is -0.360. The summed E-state index contributed by atoms with van der Waals surface area (Å²) in [5.74, 6) is 0. The van der Waals surface area contributed by atoms with E-state index in [1.54, 1.807) is 0 Å². The van der Waals surface area contributed by atoms with Gasteiger partial charge in [0.1, 0.15) is 61.0 Å². The van der Waals surface area contributed by atoms with E-state index in [0.29, 0.717) is 0 Å². The normalized spacial score (nSPS) is 44.8. The van der Waals surface area contributed by atoms with Gasteiger partial charge in [0.15, 0.2) is 18.9 Å². The highest BCUT2D eigenvalue weighted by molar-refractivity contribution is 7.81. The number of hydrogen-bond donors (Lipinski definition) is 9. The van der Waals surface area contributed by atoms with Gasteiger partial charge in [0.05, 0.1) is 19.8 Å². The van der Waals surface area contributed by atoms with Gasteiger partial charge < -0.3 is 59.4 Å². The molecule has 0 amide bonds. The molecule has 3 rings (SSSR count). The molecule has 0 unspecified atom stereocenters. The van der Waals surface area contributed by atoms with Crippen molar-refractivity contribution >= 4 is 20.8 Å². The van der Waals surface area contributed by atoms with Crippen molar-refractivity contribution in [2.75, 3.05) is 19.8 Å². The molecule has 38 heavy (non-hydrogen) atoms. The second-order valence-electron chi connectivity index (χ2n) is 8.39. The number of hydrogen-bond acceptors (Lipinski definition) is 18. The van der Waals surface area contributed by atoms with Crippen molar-refractivity contribution in [1.29, 1.82) is 0 Å². The van der Waals surface area contributed by atoms with Crippen LogP contribution in [0.5, 0.6) is 0 Å². The highest BCUT2D eigenvalue weighted by atomic mass is 32.3. The lowest BCUT2D eigenvalue weighted by Crippen LogP contribution is -2.64. The number of aliphatic hydroxyl groups excluding tert-OH is 7. The van der Waals surface area contributed by atoms with Gasteiger partial charge in [-0.2, -0.15) is 16.8 Å². The summed E-state index contributed by atoms with van der Waals surface area (Å²) in [6, 6.07) is 0. The first kappa shape index (κ1) is 31.8. The summed E-state index contributed by atoms with van der Waals surface area (Å²) in [6.07, 6.45) is -24.3. The Balaban J connectivity index is 1.78. The van der Waals surface area contributed by atoms with Crippen molar-refractivity contribution in [1.82, 2.24) is 0 Å². The Bertz CT molecular complexity index is 989. The van der Waals surface area contributed by atoms with Gasteiger partial charge in [0.2, 0.25) is 0 Å². The molecule has 3 saturated heterocycles. The van der Waals surface area contributed by atoms with Crippen molar-refractivity contribution in [2.45, 2.75) is 79.9 Å². The fourth-order valence-electron chi connectivity index (χ4n) is 4.04. The molecule has 20 nitrogen and oxygen atoms in total. The third-order valence-corrected chi connectivity index (χ3v) is 6.69. The van der Waals surface area contributed by atoms with Gasteiger partial charge in [-0.25, -0.2) is 8.37 Å². The minimum atomic E-state index is -5.17. The first-order valence-corrected chi connectivity index (χ1v) is 13.5. The molecule has 224 valence electrons. The van der Waals surface area contributed by atoms with E-state index in [-0.39, 0.29) is 0 Å². The van der Waals surface area contributed by atoms with Gasteiger partial charge in [0, 0.05) is 0 Å². The van der Waals surface area contributed by atoms with Crippen molar-refractivity contribution < 1.29 is 93.7 Å². The molecule has 0 bridgehead atoms. The van der Waals surface area contributed by atoms with E-state index >= 15 is 0 Å². The molecule has 3 aliphatic rings. The third-order valence-electron chi connectivity index (χ3n) is 5.76. The van der Waals surface area contributed by atoms with Crippen LogP contribution in [0.1, 0.15) is 0 Å². The SMILES string of the molecule is O=S(=O)(O)O[C@@H]1[C@@H](O)[C@H](O[C@@H]2[C@@H](O[C@@H]3O[C@H](CO)[C@@H](OS(=O)(=O)O)[C@H](O)[C@H]3O)[C@@H](O)CO[C@H]2O)O[C@H]1CO. The van der Waals surface area contributed by atoms with Crippen molar-refractivity contribution in [2.24, 2.45) is 0 Å². The number of ether oxygens (including phenoxy) is 5. The molecule has 13 atom stereocenters. The molecule has 0 radical (unpaired) electrons. The maximum absolute atomic E-state index is 11.1. The Morgan fingerprint density at radius 3 is 1.58 bits per heavy atom. The second kappa shape index (κ2) is 12.4. The molecule has 0 aromatic rings. The highest BCUT2D eigenvalue weighted by Crippen LogP contribution is 2.33. The molecular weight excluding hydrogens is 576 g/mol. The average Bonchev–Trinajstić information content (AvgIpc) is 3.10. The molecule has 22 heteroatoms. The van der Waals surface area contributed by atoms with Crippen LogP contribution in [0.15, 0.2) is 0 Å². The fourth-order valence-corrected chi connectivity index (χ4v) is 5.08. The van der Waals surface area contributed by atoms with Crippen LogP contribution in [0.3, 0.4) is 0 Å². The summed E-state index contributed by atoms with van der Waals surface area (Å²) < 4.78 is 96.7. The molecular formula is C16H28O20S2. The monoisotopic (exact) mass is 604 g/mol. The summed E-state index contributed by atoms with van der Waals surface area (Å²) in [6.45, 7) is -2.52. The van der Waals surface area contributed by atoms with E-state index < -0.39 is 121 Å². The predicted octanol–water partition coefficient (Wildman–Crippen LogP) is -6.64. The van der Waals surface area contributed by atoms with Crippen LogP contribution in [-0.2, 0) is 52.8 Å². The molecule has 0 saturated carbocycles. The van der Waals surface area contributed by atoms with Gasteiger partial charge >= 0.3 is 20.8 Å². The molecule has 0 aliphatic carbocycles. The van der Waals surface area contributed by atoms with Crippen LogP contribution in [0.4, 0.5) is 0 Å². The third kappa shape index (κ3) is 7.50. The first-order valence-electron chi connectivity index (χ1n) is 10.7. The summed E-state index contributed by atoms with van der Waals surface area (Å²) in [4.78, 5) is 0. The zero-order chi connectivity index (χ0) is 28.6. The van der Waals surface area contributed by atoms with E-state index in [9.17, 15) is 52.6 Å². The van der Waals surface area contributed by atoms with Crippen molar-refractivity contribution in [3.8, 4) is 0 Å². The Kier molecular flexibility index (Phi) is 10.4. The first-order chi connectivity index (χ1) is 17.6. The van der Waals surface area contributed by atoms with E-state index in [2.05, 4.69) is 8.37 Å². The zero-order valence-electron chi connectivity index (χ0n) is 19.0. The van der Waals surface area contributed by atoms with Crippen LogP contribution in [-0.4, -0.2) is 161 Å². The summed E-state index contributed by atoms with van der Waals surface area (Å²) in [7, 11) is -10.3. The summed E-state index contributed by atoms with van der Waals surface area (Å²) >= 11 is 0. The Morgan fingerprint density at radius 2 is 1.11 bits per heavy atom. The number of aliphatic hydroxyl groups is 7. The van der Waals surface area contributed by atoms with Gasteiger partial charge in [-0.3, -0.25) is 9.11 Å². The van der Waals surface area contributed by atoms with E-state index in [1.165, 1.54) is 0 Å². The van der Waals surface area contributed by atoms with E-state index in [1.807, 2.05) is 0 Å². The molecule has 9 N–H and O–H groups in total. The topological polar surface area (TPSA) is 315 Å². The van der Waals surface area contributed by atoms with Crippen LogP contribution in [0.2, 0.25) is 0 Å². The molecule has 3 aliphatic heterocycles. The predicted molar refractivity (Wildman–Crippen MR) is 110 cm³/mol. The van der Waals surface area contributed by atoms with Crippen LogP contribution < -0.4 is 0 Å². The van der Waals surface area contributed by atoms with Crippen LogP contribution in [0, 0.1) is 0 Å². The fraction of sp³-hybridized carbons (Fsp3) is 1.00. The lowest BCUT2D eigenvalue weighted by atomic mass is 9.98. The maximum Gasteiger partial charge on any atom is 0.397 e. The van der Waals surface area contributed by atoms with E-state index in [4.69, 9.17) is 32.8 Å². The molecule has 0 spiro atoms. The Morgan fingerprint density at radius 1 is 0.658 bits per heavy atom. The Labute approximate surface area is 214 Å². The van der Waals surface area contributed by atoms with Crippen LogP contribution >= 0.6 is 0 Å². The maximum atomic E-state index is 11.1. The lowest BCUT2D eigenvalue weighted by Gasteiger charge is -2.45. The van der Waals surface area contributed by atoms with Gasteiger partial charge in [-0.1, -0.05) is 0 Å². The minimum Gasteiger partial charge on any atom is -0.394 e. The zero-order valence-corrected chi connectivity index (χ0v) is 20.6. The summed E-state index contributed by atoms with van der Waals surface area (Å²) in [5.41, 5.74) is 0. The largest absolute Gasteiger partial charge is 0.397 e. The number of rotatable bonds is 10. The highest BCUT2D eigenvalue weighted by Gasteiger charge is 2.53. The second-order valence-corrected chi connectivity index (χ2v) is 10.5. The Hall–Kier alpha value is -0.740. The quantitative estimate of drug-likeness (QED) is 0.105. The average molecular weight is 605 g/mol. The molecule has 3 fully saturated rings. The van der Waals surface area contributed by atoms with Gasteiger partial charge in [-0.15, -0.1) is 0 Å². The van der Waals surface area contributed by atoms with Gasteiger partial charge in [0.25, 0.3) is 0 Å². The smallest absolute Gasteiger partial charge is 0.394 e. The van der Waals surface area contributed by atoms with Crippen molar-refractivity contribution in [3.05, 3.63) is 0 Å². The summed E-state index contributed by atoms with van der Waals surface area (Å²) in [5, 5.41) is 70.6. The standard InChI is InChI=1S/C16H28O20S2/c17-1-5-11(35-37(24,25)26)7(20)8(21)15(31-5)33-10-4(19)3-30-14(23)13(10)34-16-9(22)12(6(2-18)32-16)36-38(27,28)29/h4-23H,1-3H2,(H,24,25,26)(H,27,28,29)/t4-,5+,6-,7+,8+,9+,10-,11+,12-,13+,14+,15-,16-/m0/s1. The molecule has 3 heterocycles. The van der Waals surface area contributed by atoms with Gasteiger partial charge in [-0.05, 0) is 0 Å². The van der Waals surface area contributed by atoms with Crippen LogP contribution in [0.25, 0.3) is 0 Å². The van der Waals surface area contributed by atoms with Crippen molar-refractivity contribution in [3.63, 3.8) is 0 Å².